The van der Waals surface area contributed by atoms with Gasteiger partial charge in [-0.25, -0.2) is 4.79 Å². The lowest BCUT2D eigenvalue weighted by atomic mass is 9.99. The number of hydrogen-bond acceptors (Lipinski definition) is 3. The molecule has 32 heavy (non-hydrogen) atoms. The Morgan fingerprint density at radius 1 is 0.969 bits per heavy atom. The normalized spacial score (nSPS) is 11.0. The summed E-state index contributed by atoms with van der Waals surface area (Å²) in [5, 5.41) is 2.77. The van der Waals surface area contributed by atoms with Crippen molar-refractivity contribution in [1.82, 2.24) is 4.90 Å². The Balaban J connectivity index is 1.86. The van der Waals surface area contributed by atoms with Gasteiger partial charge in [0.25, 0.3) is 0 Å². The third-order valence-corrected chi connectivity index (χ3v) is 4.59. The van der Waals surface area contributed by atoms with E-state index >= 15 is 0 Å². The van der Waals surface area contributed by atoms with E-state index in [9.17, 15) is 22.8 Å². The number of alkyl halides is 3. The minimum absolute atomic E-state index is 0.0258. The van der Waals surface area contributed by atoms with E-state index in [0.717, 1.165) is 18.2 Å². The third kappa shape index (κ3) is 5.87. The highest BCUT2D eigenvalue weighted by molar-refractivity contribution is 5.89. The van der Waals surface area contributed by atoms with E-state index in [2.05, 4.69) is 5.32 Å². The first kappa shape index (κ1) is 22.9. The van der Waals surface area contributed by atoms with Gasteiger partial charge in [0.05, 0.1) is 5.56 Å². The number of carbonyl (C=O) groups is 2. The molecule has 0 aliphatic rings. The fourth-order valence-corrected chi connectivity index (χ4v) is 3.10. The first-order chi connectivity index (χ1) is 15.1. The number of hydrogen-bond donors (Lipinski definition) is 1. The second kappa shape index (κ2) is 9.55. The molecule has 3 rings (SSSR count). The molecule has 3 aromatic carbocycles. The van der Waals surface area contributed by atoms with Crippen LogP contribution in [0.4, 0.5) is 23.7 Å². The van der Waals surface area contributed by atoms with Crippen LogP contribution < -0.4 is 10.1 Å². The minimum Gasteiger partial charge on any atom is -0.426 e. The number of nitrogens with zero attached hydrogens (tertiary/aromatic N) is 1. The number of esters is 1. The predicted octanol–water partition coefficient (Wildman–Crippen LogP) is 5.96. The molecule has 2 amide bonds. The molecule has 3 aromatic rings. The largest absolute Gasteiger partial charge is 0.426 e. The molecule has 0 atom stereocenters. The van der Waals surface area contributed by atoms with Crippen molar-refractivity contribution < 1.29 is 27.5 Å². The first-order valence-corrected chi connectivity index (χ1v) is 9.69. The van der Waals surface area contributed by atoms with Gasteiger partial charge in [0.2, 0.25) is 0 Å². The lowest BCUT2D eigenvalue weighted by Crippen LogP contribution is -2.30. The van der Waals surface area contributed by atoms with Crippen LogP contribution in [0.3, 0.4) is 0 Å². The van der Waals surface area contributed by atoms with Gasteiger partial charge in [-0.3, -0.25) is 4.79 Å². The number of halogens is 3. The molecule has 0 saturated carbocycles. The van der Waals surface area contributed by atoms with Crippen LogP contribution in [0.15, 0.2) is 72.8 Å². The number of rotatable bonds is 5. The molecule has 5 nitrogen and oxygen atoms in total. The summed E-state index contributed by atoms with van der Waals surface area (Å²) in [6.45, 7) is 1.40. The molecule has 0 heterocycles. The lowest BCUT2D eigenvalue weighted by molar-refractivity contribution is -0.137. The van der Waals surface area contributed by atoms with Gasteiger partial charge in [0.15, 0.2) is 0 Å². The van der Waals surface area contributed by atoms with E-state index in [1.54, 1.807) is 55.6 Å². The quantitative estimate of drug-likeness (QED) is 0.392. The fraction of sp³-hybridized carbons (Fsp3) is 0.167. The fourth-order valence-electron chi connectivity index (χ4n) is 3.10. The highest BCUT2D eigenvalue weighted by Gasteiger charge is 2.31. The topological polar surface area (TPSA) is 58.6 Å². The van der Waals surface area contributed by atoms with Gasteiger partial charge < -0.3 is 15.0 Å². The SMILES string of the molecule is CC(=O)Oc1ccc(C(F)(F)F)cc1-c1cccc(CN(C)C(=O)Nc2ccccc2)c1. The number of urea groups is 1. The Kier molecular flexibility index (Phi) is 6.82. The predicted molar refractivity (Wildman–Crippen MR) is 115 cm³/mol. The number of nitrogens with one attached hydrogen (secondary N) is 1. The molecule has 1 N–H and O–H groups in total. The maximum Gasteiger partial charge on any atom is 0.416 e. The Hall–Kier alpha value is -3.81. The average molecular weight is 442 g/mol. The van der Waals surface area contributed by atoms with Crippen molar-refractivity contribution in [2.24, 2.45) is 0 Å². The van der Waals surface area contributed by atoms with Gasteiger partial charge in [-0.05, 0) is 47.5 Å². The van der Waals surface area contributed by atoms with Crippen LogP contribution in [0.1, 0.15) is 18.1 Å². The maximum atomic E-state index is 13.2. The van der Waals surface area contributed by atoms with Crippen molar-refractivity contribution in [2.75, 3.05) is 12.4 Å². The average Bonchev–Trinajstić information content (AvgIpc) is 2.73. The van der Waals surface area contributed by atoms with Gasteiger partial charge in [-0.1, -0.05) is 36.4 Å². The molecule has 0 saturated heterocycles. The van der Waals surface area contributed by atoms with Crippen molar-refractivity contribution in [3.05, 3.63) is 83.9 Å². The number of benzene rings is 3. The van der Waals surface area contributed by atoms with Crippen LogP contribution in [0, 0.1) is 0 Å². The van der Waals surface area contributed by atoms with Crippen molar-refractivity contribution in [1.29, 1.82) is 0 Å². The van der Waals surface area contributed by atoms with Gasteiger partial charge in [0.1, 0.15) is 5.75 Å². The number of carbonyl (C=O) groups excluding carboxylic acids is 2. The Morgan fingerprint density at radius 2 is 1.69 bits per heavy atom. The molecule has 0 aromatic heterocycles. The second-order valence-corrected chi connectivity index (χ2v) is 7.15. The molecule has 166 valence electrons. The first-order valence-electron chi connectivity index (χ1n) is 9.69. The highest BCUT2D eigenvalue weighted by Crippen LogP contribution is 2.37. The van der Waals surface area contributed by atoms with Crippen molar-refractivity contribution >= 4 is 17.7 Å². The Labute approximate surface area is 183 Å². The van der Waals surface area contributed by atoms with Crippen LogP contribution >= 0.6 is 0 Å². The van der Waals surface area contributed by atoms with Crippen LogP contribution in [0.5, 0.6) is 5.75 Å². The summed E-state index contributed by atoms with van der Waals surface area (Å²) < 4.78 is 44.8. The summed E-state index contributed by atoms with van der Waals surface area (Å²) in [5.41, 5.74) is 1.05. The summed E-state index contributed by atoms with van der Waals surface area (Å²) >= 11 is 0. The van der Waals surface area contributed by atoms with Crippen LogP contribution in [0.25, 0.3) is 11.1 Å². The van der Waals surface area contributed by atoms with E-state index in [-0.39, 0.29) is 23.9 Å². The molecule has 0 unspecified atom stereocenters. The van der Waals surface area contributed by atoms with Gasteiger partial charge in [0, 0.05) is 31.8 Å². The molecule has 0 radical (unpaired) electrons. The minimum atomic E-state index is -4.54. The monoisotopic (exact) mass is 442 g/mol. The van der Waals surface area contributed by atoms with E-state index in [1.807, 2.05) is 6.07 Å². The zero-order valence-electron chi connectivity index (χ0n) is 17.4. The van der Waals surface area contributed by atoms with E-state index in [4.69, 9.17) is 4.74 Å². The van der Waals surface area contributed by atoms with E-state index in [1.165, 1.54) is 11.8 Å². The van der Waals surface area contributed by atoms with E-state index < -0.39 is 17.7 Å². The summed E-state index contributed by atoms with van der Waals surface area (Å²) in [6.07, 6.45) is -4.54. The van der Waals surface area contributed by atoms with Crippen LogP contribution in [-0.4, -0.2) is 23.9 Å². The van der Waals surface area contributed by atoms with Crippen LogP contribution in [0.2, 0.25) is 0 Å². The Morgan fingerprint density at radius 3 is 2.34 bits per heavy atom. The standard InChI is InChI=1S/C24H21F3N2O3/c1-16(30)32-22-12-11-19(24(25,26)27)14-21(22)18-8-6-7-17(13-18)15-29(2)23(31)28-20-9-4-3-5-10-20/h3-14H,15H2,1-2H3,(H,28,31). The molecule has 0 aliphatic carbocycles. The van der Waals surface area contributed by atoms with Gasteiger partial charge in [-0.15, -0.1) is 0 Å². The molecule has 0 spiro atoms. The third-order valence-electron chi connectivity index (χ3n) is 4.59. The van der Waals surface area contributed by atoms with Crippen molar-refractivity contribution in [3.8, 4) is 16.9 Å². The van der Waals surface area contributed by atoms with Crippen molar-refractivity contribution in [2.45, 2.75) is 19.6 Å². The second-order valence-electron chi connectivity index (χ2n) is 7.15. The maximum absolute atomic E-state index is 13.2. The molecule has 8 heteroatoms. The smallest absolute Gasteiger partial charge is 0.416 e. The zero-order chi connectivity index (χ0) is 23.3. The summed E-state index contributed by atoms with van der Waals surface area (Å²) in [7, 11) is 1.61. The summed E-state index contributed by atoms with van der Waals surface area (Å²) in [5.74, 6) is -0.614. The van der Waals surface area contributed by atoms with E-state index in [0.29, 0.717) is 16.8 Å². The number of ether oxygens (including phenoxy) is 1. The lowest BCUT2D eigenvalue weighted by Gasteiger charge is -2.19. The number of para-hydroxylation sites is 1. The molecule has 0 fully saturated rings. The number of anilines is 1. The number of amides is 2. The summed E-state index contributed by atoms with van der Waals surface area (Å²) in [4.78, 5) is 25.3. The molecule has 0 aliphatic heterocycles. The van der Waals surface area contributed by atoms with Crippen LogP contribution in [-0.2, 0) is 17.5 Å². The van der Waals surface area contributed by atoms with Gasteiger partial charge >= 0.3 is 18.2 Å². The summed E-state index contributed by atoms with van der Waals surface area (Å²) in [6, 6.07) is 18.3. The Bertz CT molecular complexity index is 1110. The van der Waals surface area contributed by atoms with Gasteiger partial charge in [-0.2, -0.15) is 13.2 Å². The highest BCUT2D eigenvalue weighted by atomic mass is 19.4. The van der Waals surface area contributed by atoms with Crippen molar-refractivity contribution in [3.63, 3.8) is 0 Å². The zero-order valence-corrected chi connectivity index (χ0v) is 17.4. The molecular formula is C24H21F3N2O3. The molecule has 0 bridgehead atoms. The molecular weight excluding hydrogens is 421 g/mol.